The molecule has 12 aromatic rings. The minimum atomic E-state index is -0.291. The third-order valence-electron chi connectivity index (χ3n) is 14.9. The van der Waals surface area contributed by atoms with Crippen LogP contribution in [0.25, 0.3) is 88.3 Å². The number of hydrogen-bond acceptors (Lipinski definition) is 1. The molecule has 0 heterocycles. The average molecular weight is 904 g/mol. The molecule has 0 spiro atoms. The second-order valence-electron chi connectivity index (χ2n) is 18.9. The first-order valence-corrected chi connectivity index (χ1v) is 24.7. The Bertz CT molecular complexity index is 3840. The first-order chi connectivity index (χ1) is 35.1. The summed E-state index contributed by atoms with van der Waals surface area (Å²) in [5.74, 6) is 0. The Kier molecular flexibility index (Phi) is 10.4. The standard InChI is InChI=1S/C70H49N/c1-70(56-29-15-6-16-30-56)66-34-20-19-32-62(66)64-47-58(40-42-67(64)70)71(59-44-54(48-21-7-2-8-22-48)43-55(45-59)49-23-9-3-10-24-49)57-38-35-50(36-39-57)53-37-41-61-60-31-17-18-33-63(60)68(51-25-11-4-12-26-51)69(65(61)46-53)52-27-13-5-14-28-52/h2-47H,1H3. The van der Waals surface area contributed by atoms with E-state index in [4.69, 9.17) is 0 Å². The smallest absolute Gasteiger partial charge is 0.0473 e. The largest absolute Gasteiger partial charge is 0.310 e. The fourth-order valence-electron chi connectivity index (χ4n) is 11.5. The van der Waals surface area contributed by atoms with E-state index in [0.717, 1.165) is 22.6 Å². The molecule has 1 aliphatic carbocycles. The molecule has 0 aliphatic heterocycles. The third-order valence-corrected chi connectivity index (χ3v) is 14.9. The highest BCUT2D eigenvalue weighted by atomic mass is 15.1. The normalized spacial score (nSPS) is 13.8. The van der Waals surface area contributed by atoms with Crippen LogP contribution in [0.15, 0.2) is 279 Å². The van der Waals surface area contributed by atoms with Gasteiger partial charge in [0.05, 0.1) is 0 Å². The maximum atomic E-state index is 2.45. The maximum Gasteiger partial charge on any atom is 0.0473 e. The summed E-state index contributed by atoms with van der Waals surface area (Å²) in [4.78, 5) is 2.45. The molecule has 0 saturated carbocycles. The van der Waals surface area contributed by atoms with Crippen molar-refractivity contribution in [1.29, 1.82) is 0 Å². The Labute approximate surface area is 416 Å². The second-order valence-corrected chi connectivity index (χ2v) is 18.9. The molecule has 334 valence electrons. The maximum absolute atomic E-state index is 2.45. The van der Waals surface area contributed by atoms with Crippen molar-refractivity contribution < 1.29 is 0 Å². The topological polar surface area (TPSA) is 3.24 Å². The molecule has 0 fully saturated rings. The fourth-order valence-corrected chi connectivity index (χ4v) is 11.5. The van der Waals surface area contributed by atoms with E-state index in [-0.39, 0.29) is 5.41 Å². The molecule has 1 nitrogen and oxygen atoms in total. The van der Waals surface area contributed by atoms with Crippen LogP contribution in [0.2, 0.25) is 0 Å². The molecule has 0 N–H and O–H groups in total. The molecular formula is C70H49N. The van der Waals surface area contributed by atoms with Crippen LogP contribution in [0.3, 0.4) is 0 Å². The fraction of sp³-hybridized carbons (Fsp3) is 0.0286. The Morgan fingerprint density at radius 3 is 1.32 bits per heavy atom. The zero-order chi connectivity index (χ0) is 47.3. The summed E-state index contributed by atoms with van der Waals surface area (Å²) in [5, 5.41) is 5.00. The highest BCUT2D eigenvalue weighted by Crippen LogP contribution is 2.54. The van der Waals surface area contributed by atoms with Gasteiger partial charge in [0, 0.05) is 22.5 Å². The van der Waals surface area contributed by atoms with Crippen molar-refractivity contribution in [3.63, 3.8) is 0 Å². The molecule has 1 atom stereocenters. The van der Waals surface area contributed by atoms with Crippen LogP contribution in [0, 0.1) is 0 Å². The SMILES string of the molecule is CC1(c2ccccc2)c2ccccc2-c2cc(N(c3ccc(-c4ccc5c(c4)c(-c4ccccc4)c(-c4ccccc4)c4ccccc45)cc3)c3cc(-c4ccccc4)cc(-c4ccccc4)c3)ccc21. The van der Waals surface area contributed by atoms with E-state index < -0.39 is 0 Å². The summed E-state index contributed by atoms with van der Waals surface area (Å²) in [5.41, 5.74) is 21.4. The number of nitrogens with zero attached hydrogens (tertiary/aromatic N) is 1. The lowest BCUT2D eigenvalue weighted by atomic mass is 9.74. The molecule has 0 radical (unpaired) electrons. The van der Waals surface area contributed by atoms with E-state index >= 15 is 0 Å². The lowest BCUT2D eigenvalue weighted by Gasteiger charge is -2.30. The number of hydrogen-bond donors (Lipinski definition) is 0. The quantitative estimate of drug-likeness (QED) is 0.130. The lowest BCUT2D eigenvalue weighted by molar-refractivity contribution is 0.714. The monoisotopic (exact) mass is 903 g/mol. The van der Waals surface area contributed by atoms with Crippen molar-refractivity contribution in [2.75, 3.05) is 4.90 Å². The molecule has 1 unspecified atom stereocenters. The van der Waals surface area contributed by atoms with Gasteiger partial charge in [0.15, 0.2) is 0 Å². The molecule has 0 saturated heterocycles. The van der Waals surface area contributed by atoms with E-state index in [0.29, 0.717) is 0 Å². The van der Waals surface area contributed by atoms with Gasteiger partial charge in [0.2, 0.25) is 0 Å². The van der Waals surface area contributed by atoms with Crippen molar-refractivity contribution in [2.24, 2.45) is 0 Å². The van der Waals surface area contributed by atoms with Gasteiger partial charge in [-0.1, -0.05) is 231 Å². The summed E-state index contributed by atoms with van der Waals surface area (Å²) in [7, 11) is 0. The number of rotatable bonds is 9. The minimum Gasteiger partial charge on any atom is -0.310 e. The summed E-state index contributed by atoms with van der Waals surface area (Å²) in [6, 6.07) is 103. The van der Waals surface area contributed by atoms with Gasteiger partial charge in [-0.2, -0.15) is 0 Å². The highest BCUT2D eigenvalue weighted by molar-refractivity contribution is 6.22. The van der Waals surface area contributed by atoms with Crippen molar-refractivity contribution in [3.8, 4) is 66.8 Å². The minimum absolute atomic E-state index is 0.291. The molecule has 0 aromatic heterocycles. The summed E-state index contributed by atoms with van der Waals surface area (Å²) in [6.07, 6.45) is 0. The second kappa shape index (κ2) is 17.5. The van der Waals surface area contributed by atoms with Crippen molar-refractivity contribution in [2.45, 2.75) is 12.3 Å². The van der Waals surface area contributed by atoms with Crippen LogP contribution < -0.4 is 4.90 Å². The molecule has 12 aromatic carbocycles. The van der Waals surface area contributed by atoms with Crippen LogP contribution in [0.5, 0.6) is 0 Å². The van der Waals surface area contributed by atoms with Gasteiger partial charge >= 0.3 is 0 Å². The Morgan fingerprint density at radius 1 is 0.254 bits per heavy atom. The molecule has 13 rings (SSSR count). The molecule has 0 bridgehead atoms. The Morgan fingerprint density at radius 2 is 0.704 bits per heavy atom. The third kappa shape index (κ3) is 7.25. The number of fused-ring (bicyclic) bond motifs is 6. The van der Waals surface area contributed by atoms with Gasteiger partial charge in [-0.25, -0.2) is 0 Å². The summed E-state index contributed by atoms with van der Waals surface area (Å²) < 4.78 is 0. The van der Waals surface area contributed by atoms with Crippen LogP contribution in [0.4, 0.5) is 17.1 Å². The Balaban J connectivity index is 1.00. The van der Waals surface area contributed by atoms with Crippen molar-refractivity contribution in [3.05, 3.63) is 296 Å². The first-order valence-electron chi connectivity index (χ1n) is 24.7. The van der Waals surface area contributed by atoms with E-state index in [1.807, 2.05) is 0 Å². The molecule has 0 amide bonds. The van der Waals surface area contributed by atoms with Gasteiger partial charge in [-0.05, 0) is 160 Å². The molecule has 71 heavy (non-hydrogen) atoms. The molecular weight excluding hydrogens is 855 g/mol. The van der Waals surface area contributed by atoms with Crippen LogP contribution >= 0.6 is 0 Å². The van der Waals surface area contributed by atoms with Crippen LogP contribution in [-0.2, 0) is 5.41 Å². The van der Waals surface area contributed by atoms with Crippen molar-refractivity contribution >= 4 is 38.6 Å². The van der Waals surface area contributed by atoms with E-state index in [1.165, 1.54) is 99.4 Å². The van der Waals surface area contributed by atoms with Crippen LogP contribution in [-0.4, -0.2) is 0 Å². The predicted molar refractivity (Wildman–Crippen MR) is 301 cm³/mol. The zero-order valence-corrected chi connectivity index (χ0v) is 39.5. The Hall–Kier alpha value is -9.04. The number of benzene rings is 12. The summed E-state index contributed by atoms with van der Waals surface area (Å²) in [6.45, 7) is 2.39. The van der Waals surface area contributed by atoms with Crippen molar-refractivity contribution in [1.82, 2.24) is 0 Å². The van der Waals surface area contributed by atoms with E-state index in [1.54, 1.807) is 0 Å². The summed E-state index contributed by atoms with van der Waals surface area (Å²) >= 11 is 0. The van der Waals surface area contributed by atoms with Crippen LogP contribution in [0.1, 0.15) is 23.6 Å². The predicted octanol–water partition coefficient (Wildman–Crippen LogP) is 19.1. The molecule has 1 heteroatoms. The lowest BCUT2D eigenvalue weighted by Crippen LogP contribution is -2.22. The molecule has 1 aliphatic rings. The average Bonchev–Trinajstić information content (AvgIpc) is 3.71. The van der Waals surface area contributed by atoms with Gasteiger partial charge < -0.3 is 4.90 Å². The first kappa shape index (κ1) is 42.1. The van der Waals surface area contributed by atoms with E-state index in [2.05, 4.69) is 291 Å². The van der Waals surface area contributed by atoms with Gasteiger partial charge in [-0.15, -0.1) is 0 Å². The van der Waals surface area contributed by atoms with E-state index in [9.17, 15) is 0 Å². The van der Waals surface area contributed by atoms with Gasteiger partial charge in [0.25, 0.3) is 0 Å². The number of anilines is 3. The highest BCUT2D eigenvalue weighted by Gasteiger charge is 2.41. The van der Waals surface area contributed by atoms with Gasteiger partial charge in [0.1, 0.15) is 0 Å². The zero-order valence-electron chi connectivity index (χ0n) is 39.5. The van der Waals surface area contributed by atoms with Gasteiger partial charge in [-0.3, -0.25) is 0 Å².